The number of hydrogen-bond donors (Lipinski definition) is 2. The van der Waals surface area contributed by atoms with Crippen molar-refractivity contribution >= 4 is 29.3 Å². The number of benzene rings is 1. The maximum atomic E-state index is 12.2. The fraction of sp³-hybridized carbons (Fsp3) is 0.300. The molecule has 0 aliphatic rings. The molecule has 8 nitrogen and oxygen atoms in total. The number of carbonyl (C=O) groups is 2. The van der Waals surface area contributed by atoms with Crippen molar-refractivity contribution < 1.29 is 19.1 Å². The summed E-state index contributed by atoms with van der Waals surface area (Å²) < 4.78 is 10.5. The van der Waals surface area contributed by atoms with E-state index in [-0.39, 0.29) is 11.3 Å². The van der Waals surface area contributed by atoms with Gasteiger partial charge < -0.3 is 19.8 Å². The molecule has 0 unspecified atom stereocenters. The highest BCUT2D eigenvalue weighted by molar-refractivity contribution is 7.99. The van der Waals surface area contributed by atoms with E-state index in [1.807, 2.05) is 13.0 Å². The molecular weight excluding hydrogens is 394 g/mol. The number of nitriles is 1. The van der Waals surface area contributed by atoms with E-state index in [9.17, 15) is 19.6 Å². The first-order chi connectivity index (χ1) is 13.8. The van der Waals surface area contributed by atoms with E-state index in [1.54, 1.807) is 31.2 Å². The zero-order valence-corrected chi connectivity index (χ0v) is 17.1. The number of ether oxygens (including phenoxy) is 2. The molecule has 0 aliphatic heterocycles. The minimum atomic E-state index is -1.01. The minimum Gasteiger partial charge on any atom is -0.494 e. The van der Waals surface area contributed by atoms with Crippen LogP contribution < -0.4 is 15.6 Å². The molecule has 1 heterocycles. The third-order valence-corrected chi connectivity index (χ3v) is 4.74. The Kier molecular flexibility index (Phi) is 7.86. The predicted molar refractivity (Wildman–Crippen MR) is 109 cm³/mol. The van der Waals surface area contributed by atoms with Gasteiger partial charge in [0, 0.05) is 11.8 Å². The van der Waals surface area contributed by atoms with Gasteiger partial charge in [-0.1, -0.05) is 11.8 Å². The molecular formula is C20H21N3O5S. The topological polar surface area (TPSA) is 121 Å². The van der Waals surface area contributed by atoms with Gasteiger partial charge in [0.25, 0.3) is 5.91 Å². The number of aromatic amines is 1. The number of rotatable bonds is 8. The van der Waals surface area contributed by atoms with Crippen LogP contribution in [0.3, 0.4) is 0 Å². The molecule has 2 rings (SSSR count). The van der Waals surface area contributed by atoms with Gasteiger partial charge in [0.2, 0.25) is 5.56 Å². The molecule has 0 aliphatic carbocycles. The van der Waals surface area contributed by atoms with E-state index in [0.29, 0.717) is 34.2 Å². The van der Waals surface area contributed by atoms with Gasteiger partial charge in [0.15, 0.2) is 6.10 Å². The van der Waals surface area contributed by atoms with Gasteiger partial charge in [0.05, 0.1) is 22.9 Å². The number of pyridine rings is 1. The van der Waals surface area contributed by atoms with Crippen molar-refractivity contribution in [3.63, 3.8) is 0 Å². The van der Waals surface area contributed by atoms with Crippen LogP contribution >= 0.6 is 11.8 Å². The predicted octanol–water partition coefficient (Wildman–Crippen LogP) is 2.62. The number of thioether (sulfide) groups is 1. The second-order valence-corrected chi connectivity index (χ2v) is 6.99. The highest BCUT2D eigenvalue weighted by atomic mass is 32.2. The summed E-state index contributed by atoms with van der Waals surface area (Å²) in [6.07, 6.45) is -1.01. The molecule has 0 saturated carbocycles. The highest BCUT2D eigenvalue weighted by Gasteiger charge is 2.19. The number of amides is 1. The Hall–Kier alpha value is -3.25. The lowest BCUT2D eigenvalue weighted by molar-refractivity contribution is -0.150. The first-order valence-corrected chi connectivity index (χ1v) is 9.82. The van der Waals surface area contributed by atoms with Crippen LogP contribution in [-0.4, -0.2) is 35.3 Å². The molecule has 1 aromatic carbocycles. The van der Waals surface area contributed by atoms with Crippen LogP contribution in [0.5, 0.6) is 5.75 Å². The largest absolute Gasteiger partial charge is 0.494 e. The average molecular weight is 415 g/mol. The van der Waals surface area contributed by atoms with Gasteiger partial charge in [0.1, 0.15) is 11.8 Å². The summed E-state index contributed by atoms with van der Waals surface area (Å²) in [5.74, 6) is -0.591. The van der Waals surface area contributed by atoms with Crippen LogP contribution in [0.1, 0.15) is 25.0 Å². The second-order valence-electron chi connectivity index (χ2n) is 6.00. The van der Waals surface area contributed by atoms with E-state index in [1.165, 1.54) is 13.0 Å². The number of nitrogens with one attached hydrogen (secondary N) is 2. The van der Waals surface area contributed by atoms with Crippen molar-refractivity contribution in [2.75, 3.05) is 17.7 Å². The Bertz CT molecular complexity index is 979. The van der Waals surface area contributed by atoms with Gasteiger partial charge in [-0.05, 0) is 50.6 Å². The number of aryl methyl sites for hydroxylation is 1. The van der Waals surface area contributed by atoms with Crippen LogP contribution in [0.4, 0.5) is 5.69 Å². The number of hydrogen-bond acceptors (Lipinski definition) is 7. The third-order valence-electron chi connectivity index (χ3n) is 3.76. The van der Waals surface area contributed by atoms with Crippen molar-refractivity contribution in [1.29, 1.82) is 5.26 Å². The molecule has 152 valence electrons. The molecule has 0 fully saturated rings. The van der Waals surface area contributed by atoms with E-state index in [0.717, 1.165) is 11.8 Å². The minimum absolute atomic E-state index is 0.158. The van der Waals surface area contributed by atoms with E-state index >= 15 is 0 Å². The van der Waals surface area contributed by atoms with E-state index in [2.05, 4.69) is 10.3 Å². The molecule has 0 spiro atoms. The molecule has 0 saturated heterocycles. The zero-order chi connectivity index (χ0) is 21.4. The maximum absolute atomic E-state index is 12.2. The standard InChI is InChI=1S/C20H21N3O5S/c1-4-27-15-7-5-14(6-8-15)22-19(26)13(3)28-18(25)11-29-20-16(10-21)12(2)9-17(24)23-20/h5-9,13H,4,11H2,1-3H3,(H,22,26)(H,23,24)/t13-/m1/s1. The number of carbonyl (C=O) groups excluding carboxylic acids is 2. The Labute approximate surface area is 172 Å². The lowest BCUT2D eigenvalue weighted by Gasteiger charge is -2.14. The summed E-state index contributed by atoms with van der Waals surface area (Å²) in [5, 5.41) is 12.1. The summed E-state index contributed by atoms with van der Waals surface area (Å²) in [5.41, 5.74) is 1.01. The lowest BCUT2D eigenvalue weighted by Crippen LogP contribution is -2.30. The maximum Gasteiger partial charge on any atom is 0.317 e. The first-order valence-electron chi connectivity index (χ1n) is 8.84. The monoisotopic (exact) mass is 415 g/mol. The zero-order valence-electron chi connectivity index (χ0n) is 16.3. The van der Waals surface area contributed by atoms with Crippen molar-refractivity contribution in [1.82, 2.24) is 4.98 Å². The molecule has 2 aromatic rings. The third kappa shape index (κ3) is 6.40. The normalized spacial score (nSPS) is 11.2. The van der Waals surface area contributed by atoms with Gasteiger partial charge in [-0.15, -0.1) is 0 Å². The lowest BCUT2D eigenvalue weighted by atomic mass is 10.2. The van der Waals surface area contributed by atoms with Crippen molar-refractivity contribution in [2.45, 2.75) is 31.9 Å². The molecule has 2 N–H and O–H groups in total. The van der Waals surface area contributed by atoms with Crippen molar-refractivity contribution in [3.05, 3.63) is 51.8 Å². The van der Waals surface area contributed by atoms with Crippen LogP contribution in [0.2, 0.25) is 0 Å². The highest BCUT2D eigenvalue weighted by Crippen LogP contribution is 2.21. The van der Waals surface area contributed by atoms with Gasteiger partial charge in [-0.2, -0.15) is 5.26 Å². The fourth-order valence-electron chi connectivity index (χ4n) is 2.37. The average Bonchev–Trinajstić information content (AvgIpc) is 2.67. The Morgan fingerprint density at radius 1 is 1.31 bits per heavy atom. The number of nitrogens with zero attached hydrogens (tertiary/aromatic N) is 1. The molecule has 29 heavy (non-hydrogen) atoms. The van der Waals surface area contributed by atoms with Gasteiger partial charge in [-0.25, -0.2) is 0 Å². The van der Waals surface area contributed by atoms with Crippen LogP contribution in [0, 0.1) is 18.3 Å². The number of H-pyrrole nitrogens is 1. The van der Waals surface area contributed by atoms with E-state index < -0.39 is 18.0 Å². The smallest absolute Gasteiger partial charge is 0.317 e. The van der Waals surface area contributed by atoms with Gasteiger partial charge >= 0.3 is 5.97 Å². The van der Waals surface area contributed by atoms with E-state index in [4.69, 9.17) is 9.47 Å². The SMILES string of the molecule is CCOc1ccc(NC(=O)[C@@H](C)OC(=O)CSc2[nH]c(=O)cc(C)c2C#N)cc1. The Morgan fingerprint density at radius 3 is 2.62 bits per heavy atom. The first kappa shape index (κ1) is 22.0. The Balaban J connectivity index is 1.89. The van der Waals surface area contributed by atoms with Crippen LogP contribution in [0.25, 0.3) is 0 Å². The number of aromatic nitrogens is 1. The quantitative estimate of drug-likeness (QED) is 0.502. The summed E-state index contributed by atoms with van der Waals surface area (Å²) >= 11 is 0.974. The number of anilines is 1. The fourth-order valence-corrected chi connectivity index (χ4v) is 3.22. The van der Waals surface area contributed by atoms with Crippen molar-refractivity contribution in [3.8, 4) is 11.8 Å². The summed E-state index contributed by atoms with van der Waals surface area (Å²) in [7, 11) is 0. The molecule has 9 heteroatoms. The summed E-state index contributed by atoms with van der Waals surface area (Å²) in [6.45, 7) is 5.52. The van der Waals surface area contributed by atoms with Crippen LogP contribution in [0.15, 0.2) is 40.2 Å². The van der Waals surface area contributed by atoms with Crippen molar-refractivity contribution in [2.24, 2.45) is 0 Å². The summed E-state index contributed by atoms with van der Waals surface area (Å²) in [4.78, 5) is 38.4. The molecule has 0 bridgehead atoms. The number of esters is 1. The molecule has 0 radical (unpaired) electrons. The molecule has 1 amide bonds. The molecule has 1 atom stereocenters. The second kappa shape index (κ2) is 10.3. The van der Waals surface area contributed by atoms with Gasteiger partial charge in [-0.3, -0.25) is 14.4 Å². The molecule has 1 aromatic heterocycles. The Morgan fingerprint density at radius 2 is 2.00 bits per heavy atom. The summed E-state index contributed by atoms with van der Waals surface area (Å²) in [6, 6.07) is 10.1. The van der Waals surface area contributed by atoms with Crippen LogP contribution in [-0.2, 0) is 14.3 Å².